The highest BCUT2D eigenvalue weighted by atomic mass is 79.9. The summed E-state index contributed by atoms with van der Waals surface area (Å²) in [5.74, 6) is 1.85. The summed E-state index contributed by atoms with van der Waals surface area (Å²) in [6, 6.07) is 25.8. The van der Waals surface area contributed by atoms with Crippen molar-refractivity contribution >= 4 is 27.6 Å². The van der Waals surface area contributed by atoms with E-state index in [1.807, 2.05) is 66.7 Å². The van der Waals surface area contributed by atoms with Crippen LogP contribution in [0.4, 0.5) is 5.69 Å². The maximum absolute atomic E-state index is 14.1. The number of rotatable bonds is 7. The fraction of sp³-hybridized carbons (Fsp3) is 0.424. The van der Waals surface area contributed by atoms with Crippen LogP contribution in [0, 0.1) is 17.8 Å². The lowest BCUT2D eigenvalue weighted by Gasteiger charge is -2.37. The van der Waals surface area contributed by atoms with Crippen molar-refractivity contribution in [2.75, 3.05) is 12.0 Å². The summed E-state index contributed by atoms with van der Waals surface area (Å²) in [5, 5.41) is 0. The van der Waals surface area contributed by atoms with Crippen molar-refractivity contribution in [2.45, 2.75) is 64.5 Å². The lowest BCUT2D eigenvalue weighted by Crippen LogP contribution is -2.40. The molecule has 3 aromatic rings. The Morgan fingerprint density at radius 1 is 0.949 bits per heavy atom. The van der Waals surface area contributed by atoms with Gasteiger partial charge in [0.15, 0.2) is 12.3 Å². The molecule has 1 saturated heterocycles. The molecule has 6 heteroatoms. The van der Waals surface area contributed by atoms with Gasteiger partial charge in [-0.15, -0.1) is 0 Å². The Labute approximate surface area is 240 Å². The minimum Gasteiger partial charge on any atom is -0.497 e. The third-order valence-corrected chi connectivity index (χ3v) is 8.77. The molecule has 0 spiro atoms. The molecule has 1 heterocycles. The first kappa shape index (κ1) is 27.7. The van der Waals surface area contributed by atoms with Crippen molar-refractivity contribution in [3.8, 4) is 5.75 Å². The van der Waals surface area contributed by atoms with Crippen LogP contribution in [0.15, 0.2) is 83.3 Å². The highest BCUT2D eigenvalue weighted by Crippen LogP contribution is 2.47. The van der Waals surface area contributed by atoms with Gasteiger partial charge in [0, 0.05) is 15.7 Å². The minimum atomic E-state index is -0.784. The average Bonchev–Trinajstić information content (AvgIpc) is 3.35. The van der Waals surface area contributed by atoms with Gasteiger partial charge in [-0.3, -0.25) is 0 Å². The number of ether oxygens (including phenoxy) is 3. The summed E-state index contributed by atoms with van der Waals surface area (Å²) in [6.45, 7) is 6.72. The monoisotopic (exact) mass is 591 g/mol. The number of anilines is 1. The van der Waals surface area contributed by atoms with E-state index in [9.17, 15) is 4.79 Å². The highest BCUT2D eigenvalue weighted by molar-refractivity contribution is 9.10. The van der Waals surface area contributed by atoms with Gasteiger partial charge >= 0.3 is 5.97 Å². The molecule has 3 aromatic carbocycles. The zero-order valence-electron chi connectivity index (χ0n) is 23.1. The minimum absolute atomic E-state index is 0.0950. The van der Waals surface area contributed by atoms with Crippen LogP contribution < -0.4 is 9.64 Å². The zero-order valence-corrected chi connectivity index (χ0v) is 24.7. The van der Waals surface area contributed by atoms with E-state index in [4.69, 9.17) is 14.2 Å². The Hall–Kier alpha value is -2.83. The van der Waals surface area contributed by atoms with Crippen LogP contribution in [0.25, 0.3) is 0 Å². The lowest BCUT2D eigenvalue weighted by atomic mass is 9.75. The van der Waals surface area contributed by atoms with Gasteiger partial charge in [-0.25, -0.2) is 4.79 Å². The molecule has 0 N–H and O–H groups in total. The van der Waals surface area contributed by atoms with Crippen LogP contribution in [0.1, 0.15) is 63.4 Å². The number of methoxy groups -OCH3 is 1. The summed E-state index contributed by atoms with van der Waals surface area (Å²) in [5.41, 5.74) is 2.92. The Morgan fingerprint density at radius 2 is 1.64 bits per heavy atom. The van der Waals surface area contributed by atoms with Crippen LogP contribution in [0.2, 0.25) is 0 Å². The van der Waals surface area contributed by atoms with Gasteiger partial charge in [0.25, 0.3) is 0 Å². The predicted molar refractivity (Wildman–Crippen MR) is 158 cm³/mol. The highest BCUT2D eigenvalue weighted by Gasteiger charge is 2.49. The van der Waals surface area contributed by atoms with E-state index in [1.165, 1.54) is 6.42 Å². The van der Waals surface area contributed by atoms with Crippen LogP contribution >= 0.6 is 15.9 Å². The number of nitrogens with zero attached hydrogens (tertiary/aromatic N) is 1. The second-order valence-corrected chi connectivity index (χ2v) is 12.1. The number of benzene rings is 3. The number of esters is 1. The summed E-state index contributed by atoms with van der Waals surface area (Å²) in [6.07, 6.45) is 1.82. The molecule has 0 bridgehead atoms. The molecule has 0 aromatic heterocycles. The van der Waals surface area contributed by atoms with E-state index in [0.29, 0.717) is 17.8 Å². The fourth-order valence-corrected chi connectivity index (χ4v) is 6.39. The first-order chi connectivity index (χ1) is 18.9. The molecule has 1 aliphatic heterocycles. The largest absolute Gasteiger partial charge is 0.497 e. The standard InChI is InChI=1S/C33H38BrNO4/c1-21(2)28-19-10-22(3)20-29(28)38-33(36)31-30(23-8-6-5-7-9-23)35(26-15-17-27(37-4)18-16-26)32(39-31)24-11-13-25(34)14-12-24/h5-9,11-18,21-22,28-32H,10,19-20H2,1-4H3/t22-,28+,29-,30+,31+,32-/m1/s1. The van der Waals surface area contributed by atoms with Gasteiger partial charge in [-0.2, -0.15) is 0 Å². The molecular weight excluding hydrogens is 554 g/mol. The molecular formula is C33H38BrNO4. The second kappa shape index (κ2) is 12.1. The van der Waals surface area contributed by atoms with Gasteiger partial charge in [0.2, 0.25) is 0 Å². The first-order valence-corrected chi connectivity index (χ1v) is 14.7. The topological polar surface area (TPSA) is 48.0 Å². The maximum Gasteiger partial charge on any atom is 0.338 e. The summed E-state index contributed by atoms with van der Waals surface area (Å²) in [4.78, 5) is 16.3. The van der Waals surface area contributed by atoms with Crippen molar-refractivity contribution in [1.29, 1.82) is 0 Å². The maximum atomic E-state index is 14.1. The Balaban J connectivity index is 1.55. The van der Waals surface area contributed by atoms with Crippen LogP contribution in [0.5, 0.6) is 5.75 Å². The molecule has 2 fully saturated rings. The van der Waals surface area contributed by atoms with Gasteiger partial charge in [0.1, 0.15) is 11.9 Å². The van der Waals surface area contributed by atoms with Crippen molar-refractivity contribution in [2.24, 2.45) is 17.8 Å². The molecule has 6 atom stereocenters. The smallest absolute Gasteiger partial charge is 0.338 e. The van der Waals surface area contributed by atoms with Crippen molar-refractivity contribution in [3.05, 3.63) is 94.5 Å². The normalized spacial score (nSPS) is 27.0. The molecule has 5 nitrogen and oxygen atoms in total. The second-order valence-electron chi connectivity index (χ2n) is 11.2. The van der Waals surface area contributed by atoms with E-state index in [-0.39, 0.29) is 18.1 Å². The molecule has 1 aliphatic carbocycles. The molecule has 39 heavy (non-hydrogen) atoms. The van der Waals surface area contributed by atoms with E-state index in [2.05, 4.69) is 53.7 Å². The van der Waals surface area contributed by atoms with Gasteiger partial charge in [0.05, 0.1) is 13.2 Å². The Kier molecular flexibility index (Phi) is 8.63. The fourth-order valence-electron chi connectivity index (χ4n) is 6.12. The van der Waals surface area contributed by atoms with Crippen LogP contribution in [-0.4, -0.2) is 25.3 Å². The number of carbonyl (C=O) groups is 1. The molecule has 2 aliphatic rings. The van der Waals surface area contributed by atoms with E-state index < -0.39 is 12.3 Å². The lowest BCUT2D eigenvalue weighted by molar-refractivity contribution is -0.169. The predicted octanol–water partition coefficient (Wildman–Crippen LogP) is 8.11. The zero-order chi connectivity index (χ0) is 27.5. The van der Waals surface area contributed by atoms with Crippen molar-refractivity contribution in [3.63, 3.8) is 0 Å². The van der Waals surface area contributed by atoms with Gasteiger partial charge < -0.3 is 19.1 Å². The number of hydrogen-bond acceptors (Lipinski definition) is 5. The SMILES string of the molecule is COc1ccc(N2[C@@H](c3ccc(Br)cc3)O[C@H](C(=O)O[C@@H]3C[C@H](C)CC[C@H]3C(C)C)[C@@H]2c2ccccc2)cc1. The molecule has 206 valence electrons. The first-order valence-electron chi connectivity index (χ1n) is 13.9. The Morgan fingerprint density at radius 3 is 2.28 bits per heavy atom. The van der Waals surface area contributed by atoms with Crippen LogP contribution in [-0.2, 0) is 14.3 Å². The Bertz CT molecular complexity index is 1230. The molecule has 0 unspecified atom stereocenters. The molecule has 1 saturated carbocycles. The summed E-state index contributed by atoms with van der Waals surface area (Å²) in [7, 11) is 1.66. The number of halogens is 1. The van der Waals surface area contributed by atoms with E-state index in [0.717, 1.165) is 39.9 Å². The van der Waals surface area contributed by atoms with Crippen molar-refractivity contribution in [1.82, 2.24) is 0 Å². The number of carbonyl (C=O) groups excluding carboxylic acids is 1. The summed E-state index contributed by atoms with van der Waals surface area (Å²) < 4.78 is 19.5. The van der Waals surface area contributed by atoms with E-state index in [1.54, 1.807) is 7.11 Å². The van der Waals surface area contributed by atoms with Crippen molar-refractivity contribution < 1.29 is 19.0 Å². The molecule has 0 amide bonds. The quantitative estimate of drug-likeness (QED) is 0.260. The third-order valence-electron chi connectivity index (χ3n) is 8.24. The average molecular weight is 593 g/mol. The third kappa shape index (κ3) is 6.02. The van der Waals surface area contributed by atoms with Gasteiger partial charge in [-0.1, -0.05) is 85.6 Å². The van der Waals surface area contributed by atoms with Crippen LogP contribution in [0.3, 0.4) is 0 Å². The summed E-state index contributed by atoms with van der Waals surface area (Å²) >= 11 is 3.55. The van der Waals surface area contributed by atoms with Gasteiger partial charge in [-0.05, 0) is 72.6 Å². The van der Waals surface area contributed by atoms with E-state index >= 15 is 0 Å². The number of hydrogen-bond donors (Lipinski definition) is 0. The molecule has 0 radical (unpaired) electrons. The molecule has 5 rings (SSSR count).